The molecule has 1 amide bonds. The molecule has 0 radical (unpaired) electrons. The highest BCUT2D eigenvalue weighted by Gasteiger charge is 2.16. The van der Waals surface area contributed by atoms with Crippen molar-refractivity contribution in [1.29, 1.82) is 0 Å². The summed E-state index contributed by atoms with van der Waals surface area (Å²) in [6.07, 6.45) is 4.86. The molecule has 0 fully saturated rings. The van der Waals surface area contributed by atoms with Crippen molar-refractivity contribution in [2.24, 2.45) is 0 Å². The quantitative estimate of drug-likeness (QED) is 0.318. The van der Waals surface area contributed by atoms with Crippen LogP contribution in [0.3, 0.4) is 0 Å². The molecular weight excluding hydrogens is 344 g/mol. The largest absolute Gasteiger partial charge is 0.465 e. The fourth-order valence-corrected chi connectivity index (χ4v) is 2.83. The van der Waals surface area contributed by atoms with Gasteiger partial charge in [0, 0.05) is 39.9 Å². The first-order valence-corrected chi connectivity index (χ1v) is 9.57. The number of ketones is 1. The zero-order chi connectivity index (χ0) is 20.2. The zero-order valence-corrected chi connectivity index (χ0v) is 17.0. The Morgan fingerprint density at radius 1 is 1.00 bits per heavy atom. The van der Waals surface area contributed by atoms with Gasteiger partial charge in [-0.05, 0) is 30.5 Å². The smallest absolute Gasteiger partial charge is 0.337 e. The summed E-state index contributed by atoms with van der Waals surface area (Å²) in [4.78, 5) is 35.4. The highest BCUT2D eigenvalue weighted by atomic mass is 16.5. The van der Waals surface area contributed by atoms with Gasteiger partial charge in [-0.2, -0.15) is 0 Å². The van der Waals surface area contributed by atoms with E-state index in [-0.39, 0.29) is 17.7 Å². The van der Waals surface area contributed by atoms with E-state index in [1.165, 1.54) is 14.0 Å². The van der Waals surface area contributed by atoms with Crippen molar-refractivity contribution < 1.29 is 19.1 Å². The van der Waals surface area contributed by atoms with E-state index in [4.69, 9.17) is 0 Å². The second-order valence-corrected chi connectivity index (χ2v) is 6.71. The zero-order valence-electron chi connectivity index (χ0n) is 17.0. The average molecular weight is 376 g/mol. The van der Waals surface area contributed by atoms with E-state index >= 15 is 0 Å². The van der Waals surface area contributed by atoms with Crippen LogP contribution in [0.5, 0.6) is 0 Å². The number of amides is 1. The maximum absolute atomic E-state index is 12.0. The van der Waals surface area contributed by atoms with Crippen LogP contribution in [-0.4, -0.2) is 54.9 Å². The molecule has 0 saturated heterocycles. The van der Waals surface area contributed by atoms with Crippen LogP contribution in [0.2, 0.25) is 0 Å². The normalized spacial score (nSPS) is 10.7. The number of rotatable bonds is 12. The molecule has 0 unspecified atom stereocenters. The highest BCUT2D eigenvalue weighted by molar-refractivity contribution is 5.89. The molecule has 1 aromatic carbocycles. The summed E-state index contributed by atoms with van der Waals surface area (Å²) < 4.78 is 4.69. The monoisotopic (exact) mass is 376 g/mol. The lowest BCUT2D eigenvalue weighted by Gasteiger charge is -2.31. The molecule has 0 heterocycles. The van der Waals surface area contributed by atoms with Crippen molar-refractivity contribution in [2.75, 3.05) is 27.2 Å². The van der Waals surface area contributed by atoms with Gasteiger partial charge in [0.1, 0.15) is 5.78 Å². The molecule has 0 spiro atoms. The van der Waals surface area contributed by atoms with E-state index in [2.05, 4.69) is 11.7 Å². The molecule has 0 bridgehead atoms. The number of hydrogen-bond donors (Lipinski definition) is 0. The number of carbonyl (C=O) groups excluding carboxylic acids is 3. The van der Waals surface area contributed by atoms with Gasteiger partial charge < -0.3 is 4.74 Å². The van der Waals surface area contributed by atoms with Crippen molar-refractivity contribution in [3.05, 3.63) is 35.4 Å². The Kier molecular flexibility index (Phi) is 10.3. The van der Waals surface area contributed by atoms with Crippen LogP contribution < -0.4 is 0 Å². The first-order valence-electron chi connectivity index (χ1n) is 9.57. The van der Waals surface area contributed by atoms with Crippen molar-refractivity contribution >= 4 is 17.7 Å². The number of nitrogens with zero attached hydrogens (tertiary/aromatic N) is 2. The van der Waals surface area contributed by atoms with Gasteiger partial charge in [0.05, 0.1) is 12.7 Å². The summed E-state index contributed by atoms with van der Waals surface area (Å²) in [5.74, 6) is -0.172. The van der Waals surface area contributed by atoms with Crippen LogP contribution in [-0.2, 0) is 20.7 Å². The number of benzene rings is 1. The second kappa shape index (κ2) is 12.2. The lowest BCUT2D eigenvalue weighted by Crippen LogP contribution is -2.45. The van der Waals surface area contributed by atoms with Crippen LogP contribution >= 0.6 is 0 Å². The molecule has 6 heteroatoms. The number of hydrogen-bond acceptors (Lipinski definition) is 5. The molecule has 1 aromatic rings. The summed E-state index contributed by atoms with van der Waals surface area (Å²) in [5.41, 5.74) is 1.53. The van der Waals surface area contributed by atoms with Crippen molar-refractivity contribution in [3.63, 3.8) is 0 Å². The Morgan fingerprint density at radius 2 is 1.67 bits per heavy atom. The molecule has 27 heavy (non-hydrogen) atoms. The Hall–Kier alpha value is -2.21. The van der Waals surface area contributed by atoms with Gasteiger partial charge in [-0.25, -0.2) is 9.80 Å². The first-order chi connectivity index (χ1) is 12.9. The topological polar surface area (TPSA) is 66.9 Å². The Morgan fingerprint density at radius 3 is 2.22 bits per heavy atom. The van der Waals surface area contributed by atoms with Gasteiger partial charge in [-0.15, -0.1) is 0 Å². The SMILES string of the molecule is CCCCCC(=O)CCN(C)N(CCc1ccc(C(=O)OC)cc1)C(C)=O. The molecular formula is C21H32N2O4. The van der Waals surface area contributed by atoms with Gasteiger partial charge in [0.15, 0.2) is 0 Å². The van der Waals surface area contributed by atoms with Gasteiger partial charge in [-0.3, -0.25) is 14.6 Å². The third-order valence-corrected chi connectivity index (χ3v) is 4.54. The molecule has 6 nitrogen and oxygen atoms in total. The summed E-state index contributed by atoms with van der Waals surface area (Å²) in [6.45, 7) is 4.70. The van der Waals surface area contributed by atoms with Crippen molar-refractivity contribution in [3.8, 4) is 0 Å². The predicted molar refractivity (Wildman–Crippen MR) is 105 cm³/mol. The third kappa shape index (κ3) is 8.35. The summed E-state index contributed by atoms with van der Waals surface area (Å²) in [7, 11) is 3.19. The third-order valence-electron chi connectivity index (χ3n) is 4.54. The number of unbranched alkanes of at least 4 members (excludes halogenated alkanes) is 2. The Balaban J connectivity index is 2.51. The second-order valence-electron chi connectivity index (χ2n) is 6.71. The number of esters is 1. The van der Waals surface area contributed by atoms with Gasteiger partial charge in [-0.1, -0.05) is 31.9 Å². The minimum atomic E-state index is -0.366. The number of Topliss-reactive ketones (excluding diaryl/α,β-unsaturated/α-hetero) is 1. The van der Waals surface area contributed by atoms with E-state index in [9.17, 15) is 14.4 Å². The maximum atomic E-state index is 12.0. The molecule has 0 aliphatic rings. The standard InChI is InChI=1S/C21H32N2O4/c1-5-6-7-8-20(25)14-15-22(3)23(17(2)24)16-13-18-9-11-19(12-10-18)21(26)27-4/h9-12H,5-8,13-16H2,1-4H3. The number of hydrazine groups is 1. The molecule has 0 saturated carbocycles. The van der Waals surface area contributed by atoms with Crippen LogP contribution in [0.15, 0.2) is 24.3 Å². The lowest BCUT2D eigenvalue weighted by atomic mass is 10.1. The molecule has 0 N–H and O–H groups in total. The van der Waals surface area contributed by atoms with Gasteiger partial charge >= 0.3 is 5.97 Å². The van der Waals surface area contributed by atoms with E-state index in [0.717, 1.165) is 24.8 Å². The van der Waals surface area contributed by atoms with Gasteiger partial charge in [0.2, 0.25) is 5.91 Å². The summed E-state index contributed by atoms with van der Waals surface area (Å²) in [6, 6.07) is 7.17. The molecule has 0 aliphatic carbocycles. The van der Waals surface area contributed by atoms with E-state index in [0.29, 0.717) is 37.9 Å². The van der Waals surface area contributed by atoms with Gasteiger partial charge in [0.25, 0.3) is 0 Å². The van der Waals surface area contributed by atoms with E-state index < -0.39 is 0 Å². The van der Waals surface area contributed by atoms with Crippen LogP contribution in [0.1, 0.15) is 61.9 Å². The molecule has 0 atom stereocenters. The molecule has 1 rings (SSSR count). The van der Waals surface area contributed by atoms with Crippen molar-refractivity contribution in [1.82, 2.24) is 10.0 Å². The maximum Gasteiger partial charge on any atom is 0.337 e. The summed E-state index contributed by atoms with van der Waals surface area (Å²) in [5, 5.41) is 3.48. The lowest BCUT2D eigenvalue weighted by molar-refractivity contribution is -0.145. The van der Waals surface area contributed by atoms with E-state index in [1.807, 2.05) is 24.2 Å². The number of methoxy groups -OCH3 is 1. The summed E-state index contributed by atoms with van der Waals surface area (Å²) >= 11 is 0. The number of carbonyl (C=O) groups is 3. The fraction of sp³-hybridized carbons (Fsp3) is 0.571. The van der Waals surface area contributed by atoms with Crippen molar-refractivity contribution in [2.45, 2.75) is 52.4 Å². The van der Waals surface area contributed by atoms with Crippen LogP contribution in [0, 0.1) is 0 Å². The molecule has 0 aromatic heterocycles. The minimum absolute atomic E-state index is 0.0536. The first kappa shape index (κ1) is 22.8. The highest BCUT2D eigenvalue weighted by Crippen LogP contribution is 2.09. The van der Waals surface area contributed by atoms with E-state index in [1.54, 1.807) is 17.1 Å². The predicted octanol–water partition coefficient (Wildman–Crippen LogP) is 3.25. The van der Waals surface area contributed by atoms with Crippen LogP contribution in [0.4, 0.5) is 0 Å². The average Bonchev–Trinajstić information content (AvgIpc) is 2.66. The van der Waals surface area contributed by atoms with Crippen LogP contribution in [0.25, 0.3) is 0 Å². The fourth-order valence-electron chi connectivity index (χ4n) is 2.83. The Bertz CT molecular complexity index is 613. The Labute approximate surface area is 162 Å². The molecule has 0 aliphatic heterocycles. The molecule has 150 valence electrons. The minimum Gasteiger partial charge on any atom is -0.465 e. The number of ether oxygens (including phenoxy) is 1.